The van der Waals surface area contributed by atoms with Crippen molar-refractivity contribution in [3.63, 3.8) is 0 Å². The molecule has 4 heteroatoms. The molecule has 0 aliphatic heterocycles. The molecule has 0 amide bonds. The summed E-state index contributed by atoms with van der Waals surface area (Å²) < 4.78 is 0. The Morgan fingerprint density at radius 2 is 2.06 bits per heavy atom. The normalized spacial score (nSPS) is 13.5. The van der Waals surface area contributed by atoms with Gasteiger partial charge in [0.25, 0.3) is 0 Å². The molecule has 0 aliphatic rings. The Kier molecular flexibility index (Phi) is 4.80. The number of nitrogens with zero attached hydrogens (tertiary/aromatic N) is 1. The predicted octanol–water partition coefficient (Wildman–Crippen LogP) is 3.48. The van der Waals surface area contributed by atoms with Gasteiger partial charge in [-0.25, -0.2) is 0 Å². The number of benzene rings is 1. The number of carbonyl (C=O) groups is 1. The monoisotopic (exact) mass is 265 g/mol. The Bertz CT molecular complexity index is 466. The first-order valence-corrected chi connectivity index (χ1v) is 5.97. The summed E-state index contributed by atoms with van der Waals surface area (Å²) >= 11 is 10.6. The molecule has 1 aromatic carbocycles. The van der Waals surface area contributed by atoms with Gasteiger partial charge in [-0.05, 0) is 30.5 Å². The number of carbonyl (C=O) groups excluding carboxylic acids is 1. The molecule has 2 nitrogen and oxygen atoms in total. The predicted molar refractivity (Wildman–Crippen MR) is 72.0 cm³/mol. The molecule has 0 fully saturated rings. The van der Waals surface area contributed by atoms with Crippen LogP contribution in [0.4, 0.5) is 0 Å². The van der Waals surface area contributed by atoms with Crippen LogP contribution in [0.1, 0.15) is 25.3 Å². The second kappa shape index (κ2) is 5.90. The van der Waals surface area contributed by atoms with Gasteiger partial charge in [0.05, 0.1) is 11.5 Å². The quantitative estimate of drug-likeness (QED) is 0.465. The minimum atomic E-state index is -0.832. The van der Waals surface area contributed by atoms with Gasteiger partial charge in [0, 0.05) is 11.3 Å². The van der Waals surface area contributed by atoms with Gasteiger partial charge in [0.1, 0.15) is 0 Å². The van der Waals surface area contributed by atoms with E-state index in [2.05, 4.69) is 6.07 Å². The minimum Gasteiger partial charge on any atom is -0.281 e. The van der Waals surface area contributed by atoms with E-state index in [1.165, 1.54) is 0 Å². The van der Waals surface area contributed by atoms with Crippen molar-refractivity contribution < 1.29 is 4.79 Å². The summed E-state index contributed by atoms with van der Waals surface area (Å²) in [6.45, 7) is 1.74. The molecule has 0 heterocycles. The van der Waals surface area contributed by atoms with Crippen LogP contribution in [0.5, 0.6) is 0 Å². The van der Waals surface area contributed by atoms with Gasteiger partial charge < -0.3 is 0 Å². The first-order valence-electron chi connectivity index (χ1n) is 5.19. The molecule has 17 heavy (non-hydrogen) atoms. The van der Waals surface area contributed by atoms with E-state index in [0.717, 1.165) is 5.56 Å². The van der Waals surface area contributed by atoms with Crippen molar-refractivity contribution in [3.05, 3.63) is 35.9 Å². The summed E-state index contributed by atoms with van der Waals surface area (Å²) in [4.78, 5) is 11.3. The molecular formula is C13H12ClNOS. The van der Waals surface area contributed by atoms with E-state index >= 15 is 0 Å². The molecule has 0 aliphatic carbocycles. The molecule has 0 bridgehead atoms. The molecule has 1 rings (SSSR count). The van der Waals surface area contributed by atoms with E-state index in [-0.39, 0.29) is 6.42 Å². The van der Waals surface area contributed by atoms with Crippen molar-refractivity contribution in [1.29, 1.82) is 5.26 Å². The Morgan fingerprint density at radius 3 is 2.53 bits per heavy atom. The number of hydrogen-bond donors (Lipinski definition) is 0. The molecule has 0 spiro atoms. The van der Waals surface area contributed by atoms with Crippen molar-refractivity contribution in [1.82, 2.24) is 0 Å². The third-order valence-corrected chi connectivity index (χ3v) is 3.48. The summed E-state index contributed by atoms with van der Waals surface area (Å²) in [7, 11) is 0. The first-order chi connectivity index (χ1) is 7.99. The Morgan fingerprint density at radius 1 is 1.47 bits per heavy atom. The average Bonchev–Trinajstić information content (AvgIpc) is 2.36. The lowest BCUT2D eigenvalue weighted by Gasteiger charge is -2.22. The standard InChI is InChI=1S/C13H12ClNOS/c1-13(9-15,8-7-11(14)16)12(17)10-5-3-2-4-6-10/h2-6H,7-8H2,1H3. The maximum absolute atomic E-state index is 10.8. The van der Waals surface area contributed by atoms with Gasteiger partial charge >= 0.3 is 0 Å². The minimum absolute atomic E-state index is 0.151. The Hall–Kier alpha value is -1.24. The van der Waals surface area contributed by atoms with Crippen molar-refractivity contribution in [2.24, 2.45) is 5.41 Å². The van der Waals surface area contributed by atoms with Crippen LogP contribution in [0, 0.1) is 16.7 Å². The molecule has 1 atom stereocenters. The Labute approximate surface area is 111 Å². The lowest BCUT2D eigenvalue weighted by atomic mass is 9.81. The molecule has 88 valence electrons. The van der Waals surface area contributed by atoms with Gasteiger partial charge in [-0.15, -0.1) is 0 Å². The molecule has 1 aromatic rings. The fourth-order valence-electron chi connectivity index (χ4n) is 1.48. The zero-order valence-corrected chi connectivity index (χ0v) is 11.0. The molecule has 0 N–H and O–H groups in total. The highest BCUT2D eigenvalue weighted by molar-refractivity contribution is 7.81. The fourth-order valence-corrected chi connectivity index (χ4v) is 1.85. The van der Waals surface area contributed by atoms with Crippen molar-refractivity contribution >= 4 is 33.9 Å². The van der Waals surface area contributed by atoms with Crippen LogP contribution in [0.15, 0.2) is 30.3 Å². The number of nitriles is 1. The molecule has 0 radical (unpaired) electrons. The van der Waals surface area contributed by atoms with E-state index in [9.17, 15) is 10.1 Å². The second-order valence-electron chi connectivity index (χ2n) is 3.99. The summed E-state index contributed by atoms with van der Waals surface area (Å²) in [6.07, 6.45) is 0.498. The van der Waals surface area contributed by atoms with E-state index < -0.39 is 10.7 Å². The largest absolute Gasteiger partial charge is 0.281 e. The fraction of sp³-hybridized carbons (Fsp3) is 0.308. The average molecular weight is 266 g/mol. The van der Waals surface area contributed by atoms with Crippen LogP contribution in [-0.4, -0.2) is 10.1 Å². The zero-order valence-electron chi connectivity index (χ0n) is 9.44. The topological polar surface area (TPSA) is 40.9 Å². The van der Waals surface area contributed by atoms with Crippen molar-refractivity contribution in [2.75, 3.05) is 0 Å². The third-order valence-electron chi connectivity index (χ3n) is 2.61. The van der Waals surface area contributed by atoms with E-state index in [0.29, 0.717) is 11.3 Å². The highest BCUT2D eigenvalue weighted by Gasteiger charge is 2.30. The van der Waals surface area contributed by atoms with Crippen LogP contribution in [0.2, 0.25) is 0 Å². The smallest absolute Gasteiger partial charge is 0.221 e. The van der Waals surface area contributed by atoms with Gasteiger partial charge in [-0.1, -0.05) is 42.5 Å². The van der Waals surface area contributed by atoms with Gasteiger partial charge in [-0.3, -0.25) is 4.79 Å². The number of thiocarbonyl (C=S) groups is 1. The first kappa shape index (κ1) is 13.8. The van der Waals surface area contributed by atoms with E-state index in [1.54, 1.807) is 6.92 Å². The van der Waals surface area contributed by atoms with Crippen molar-refractivity contribution in [2.45, 2.75) is 19.8 Å². The van der Waals surface area contributed by atoms with Gasteiger partial charge in [0.15, 0.2) is 0 Å². The Balaban J connectivity index is 2.91. The van der Waals surface area contributed by atoms with Gasteiger partial charge in [0.2, 0.25) is 5.24 Å². The summed E-state index contributed by atoms with van der Waals surface area (Å²) in [5.74, 6) is 0. The number of rotatable bonds is 5. The SMILES string of the molecule is CC(C#N)(CCC(=O)Cl)C(=S)c1ccccc1. The molecule has 0 saturated carbocycles. The van der Waals surface area contributed by atoms with Crippen LogP contribution < -0.4 is 0 Å². The number of halogens is 1. The number of hydrogen-bond acceptors (Lipinski definition) is 3. The molecular weight excluding hydrogens is 254 g/mol. The highest BCUT2D eigenvalue weighted by atomic mass is 35.5. The zero-order chi connectivity index (χ0) is 12.9. The van der Waals surface area contributed by atoms with Crippen LogP contribution in [0.3, 0.4) is 0 Å². The maximum Gasteiger partial charge on any atom is 0.221 e. The molecule has 0 saturated heterocycles. The summed E-state index contributed by atoms with van der Waals surface area (Å²) in [5, 5.41) is 8.80. The van der Waals surface area contributed by atoms with Gasteiger partial charge in [-0.2, -0.15) is 5.26 Å². The van der Waals surface area contributed by atoms with Crippen LogP contribution >= 0.6 is 23.8 Å². The highest BCUT2D eigenvalue weighted by Crippen LogP contribution is 2.28. The lowest BCUT2D eigenvalue weighted by molar-refractivity contribution is -0.111. The third kappa shape index (κ3) is 3.62. The lowest BCUT2D eigenvalue weighted by Crippen LogP contribution is -2.25. The second-order valence-corrected chi connectivity index (χ2v) is 4.82. The van der Waals surface area contributed by atoms with E-state index in [4.69, 9.17) is 23.8 Å². The summed E-state index contributed by atoms with van der Waals surface area (Å²) in [5.41, 5.74) is 0.00916. The molecule has 0 aromatic heterocycles. The van der Waals surface area contributed by atoms with Crippen LogP contribution in [-0.2, 0) is 4.79 Å². The molecule has 1 unspecified atom stereocenters. The maximum atomic E-state index is 10.8. The van der Waals surface area contributed by atoms with E-state index in [1.807, 2.05) is 30.3 Å². The van der Waals surface area contributed by atoms with Crippen molar-refractivity contribution in [3.8, 4) is 6.07 Å². The van der Waals surface area contributed by atoms with Crippen LogP contribution in [0.25, 0.3) is 0 Å². The summed E-state index contributed by atoms with van der Waals surface area (Å²) in [6, 6.07) is 11.5.